The lowest BCUT2D eigenvalue weighted by Crippen LogP contribution is -2.36. The van der Waals surface area contributed by atoms with E-state index in [0.29, 0.717) is 12.4 Å². The van der Waals surface area contributed by atoms with Crippen molar-refractivity contribution in [2.24, 2.45) is 0 Å². The molecular weight excluding hydrogens is 425 g/mol. The van der Waals surface area contributed by atoms with Crippen LogP contribution in [0.5, 0.6) is 0 Å². The minimum Gasteiger partial charge on any atom is -0.464 e. The molecule has 4 rings (SSSR count). The zero-order chi connectivity index (χ0) is 21.5. The van der Waals surface area contributed by atoms with Gasteiger partial charge in [-0.15, -0.1) is 0 Å². The number of thioether (sulfide) groups is 1. The van der Waals surface area contributed by atoms with Crippen molar-refractivity contribution >= 4 is 46.1 Å². The Kier molecular flexibility index (Phi) is 7.06. The Morgan fingerprint density at radius 3 is 1.77 bits per heavy atom. The van der Waals surface area contributed by atoms with Crippen LogP contribution in [0.15, 0.2) is 91.0 Å². The summed E-state index contributed by atoms with van der Waals surface area (Å²) in [5.74, 6) is 0.0912. The van der Waals surface area contributed by atoms with Gasteiger partial charge in [-0.05, 0) is 36.4 Å². The van der Waals surface area contributed by atoms with Crippen LogP contribution in [0.2, 0.25) is 0 Å². The molecule has 1 aliphatic heterocycles. The molecule has 0 radical (unpaired) electrons. The van der Waals surface area contributed by atoms with Gasteiger partial charge in [0.25, 0.3) is 5.24 Å². The first-order chi connectivity index (χ1) is 15.2. The smallest absolute Gasteiger partial charge is 0.329 e. The van der Waals surface area contributed by atoms with Crippen molar-refractivity contribution in [1.29, 1.82) is 0 Å². The van der Waals surface area contributed by atoms with Crippen LogP contribution in [0.3, 0.4) is 0 Å². The van der Waals surface area contributed by atoms with Gasteiger partial charge in [-0.1, -0.05) is 66.4 Å². The van der Waals surface area contributed by atoms with Gasteiger partial charge in [0, 0.05) is 12.2 Å². The van der Waals surface area contributed by atoms with Gasteiger partial charge < -0.3 is 10.1 Å². The summed E-state index contributed by atoms with van der Waals surface area (Å²) in [6, 6.07) is 31.4. The van der Waals surface area contributed by atoms with Gasteiger partial charge in [0.15, 0.2) is 0 Å². The average Bonchev–Trinajstić information content (AvgIpc) is 3.27. The van der Waals surface area contributed by atoms with Crippen LogP contribution < -0.4 is 21.2 Å². The Morgan fingerprint density at radius 1 is 0.871 bits per heavy atom. The first-order valence-corrected chi connectivity index (χ1v) is 13.3. The number of hydrogen-bond donors (Lipinski definition) is 1. The third kappa shape index (κ3) is 4.84. The fourth-order valence-corrected chi connectivity index (χ4v) is 9.05. The molecule has 4 nitrogen and oxygen atoms in total. The lowest BCUT2D eigenvalue weighted by molar-refractivity contribution is -0.145. The number of carbonyl (C=O) groups excluding carboxylic acids is 2. The molecule has 0 spiro atoms. The molecule has 1 saturated heterocycles. The molecule has 1 aliphatic rings. The second-order valence-corrected chi connectivity index (χ2v) is 12.0. The predicted molar refractivity (Wildman–Crippen MR) is 130 cm³/mol. The molecule has 0 aliphatic carbocycles. The van der Waals surface area contributed by atoms with Crippen molar-refractivity contribution in [3.63, 3.8) is 0 Å². The van der Waals surface area contributed by atoms with E-state index < -0.39 is 13.3 Å². The number of ether oxygens (including phenoxy) is 1. The van der Waals surface area contributed by atoms with Crippen molar-refractivity contribution < 1.29 is 14.3 Å². The number of amides is 1. The maximum atomic E-state index is 12.3. The minimum atomic E-state index is -1.91. The monoisotopic (exact) mass is 450 g/mol. The quantitative estimate of drug-likeness (QED) is 0.323. The SMILES string of the molecule is O=C1N[C@H](C(=O)OCCC[P+](c2ccccc2)(c2ccccc2)c2ccccc2)CS1. The lowest BCUT2D eigenvalue weighted by atomic mass is 10.3. The largest absolute Gasteiger partial charge is 0.464 e. The fraction of sp³-hybridized carbons (Fsp3) is 0.200. The zero-order valence-electron chi connectivity index (χ0n) is 17.1. The Hall–Kier alpha value is -2.62. The van der Waals surface area contributed by atoms with Crippen LogP contribution in [0, 0.1) is 0 Å². The van der Waals surface area contributed by atoms with E-state index in [2.05, 4.69) is 78.1 Å². The molecule has 0 aromatic heterocycles. The second kappa shape index (κ2) is 10.1. The van der Waals surface area contributed by atoms with E-state index >= 15 is 0 Å². The van der Waals surface area contributed by atoms with Crippen LogP contribution >= 0.6 is 19.0 Å². The predicted octanol–water partition coefficient (Wildman–Crippen LogP) is 3.74. The van der Waals surface area contributed by atoms with E-state index in [1.54, 1.807) is 0 Å². The van der Waals surface area contributed by atoms with Crippen LogP contribution in [-0.2, 0) is 9.53 Å². The third-order valence-electron chi connectivity index (χ3n) is 5.43. The van der Waals surface area contributed by atoms with Crippen molar-refractivity contribution in [3.8, 4) is 0 Å². The van der Waals surface area contributed by atoms with E-state index in [1.807, 2.05) is 18.2 Å². The number of nitrogens with one attached hydrogen (secondary N) is 1. The summed E-state index contributed by atoms with van der Waals surface area (Å²) in [5.41, 5.74) is 0. The minimum absolute atomic E-state index is 0.163. The normalized spacial score (nSPS) is 16.0. The van der Waals surface area contributed by atoms with Gasteiger partial charge in [0.05, 0.1) is 12.8 Å². The second-order valence-electron chi connectivity index (χ2n) is 7.36. The topological polar surface area (TPSA) is 55.4 Å². The van der Waals surface area contributed by atoms with E-state index in [0.717, 1.165) is 24.3 Å². The Morgan fingerprint density at radius 2 is 1.35 bits per heavy atom. The van der Waals surface area contributed by atoms with Crippen LogP contribution in [0.25, 0.3) is 0 Å². The highest BCUT2D eigenvalue weighted by molar-refractivity contribution is 8.14. The van der Waals surface area contributed by atoms with Crippen LogP contribution in [0.1, 0.15) is 6.42 Å². The van der Waals surface area contributed by atoms with Crippen LogP contribution in [0.4, 0.5) is 4.79 Å². The molecule has 0 bridgehead atoms. The van der Waals surface area contributed by atoms with Gasteiger partial charge in [0.1, 0.15) is 29.2 Å². The molecule has 3 aromatic rings. The zero-order valence-corrected chi connectivity index (χ0v) is 18.9. The molecule has 158 valence electrons. The summed E-state index contributed by atoms with van der Waals surface area (Å²) < 4.78 is 5.53. The molecule has 31 heavy (non-hydrogen) atoms. The fourth-order valence-electron chi connectivity index (χ4n) is 3.97. The van der Waals surface area contributed by atoms with E-state index in [-0.39, 0.29) is 11.2 Å². The van der Waals surface area contributed by atoms with Gasteiger partial charge in [-0.25, -0.2) is 4.79 Å². The third-order valence-corrected chi connectivity index (χ3v) is 10.8. The summed E-state index contributed by atoms with van der Waals surface area (Å²) in [4.78, 5) is 23.6. The first kappa shape index (κ1) is 21.6. The molecule has 1 amide bonds. The number of carbonyl (C=O) groups is 2. The Labute approximate surface area is 187 Å². The van der Waals surface area contributed by atoms with Gasteiger partial charge in [0.2, 0.25) is 0 Å². The first-order valence-electron chi connectivity index (χ1n) is 10.3. The van der Waals surface area contributed by atoms with Gasteiger partial charge in [-0.2, -0.15) is 0 Å². The average molecular weight is 451 g/mol. The lowest BCUT2D eigenvalue weighted by Gasteiger charge is -2.27. The van der Waals surface area contributed by atoms with Gasteiger partial charge in [-0.3, -0.25) is 4.79 Å². The molecule has 1 fully saturated rings. The van der Waals surface area contributed by atoms with E-state index in [4.69, 9.17) is 4.74 Å². The highest BCUT2D eigenvalue weighted by Crippen LogP contribution is 2.55. The molecule has 0 saturated carbocycles. The molecule has 1 N–H and O–H groups in total. The number of hydrogen-bond acceptors (Lipinski definition) is 4. The van der Waals surface area contributed by atoms with E-state index in [9.17, 15) is 9.59 Å². The standard InChI is InChI=1S/C25H24NO3PS/c27-24(23-19-31-25(28)26-23)29-17-10-18-30(20-11-4-1-5-12-20,21-13-6-2-7-14-21)22-15-8-3-9-16-22/h1-9,11-16,23H,10,17-19H2/p+1/t23-/m0/s1. The summed E-state index contributed by atoms with van der Waals surface area (Å²) in [5, 5.41) is 6.44. The van der Waals surface area contributed by atoms with Crippen molar-refractivity contribution in [3.05, 3.63) is 91.0 Å². The van der Waals surface area contributed by atoms with Crippen LogP contribution in [-0.4, -0.2) is 35.8 Å². The van der Waals surface area contributed by atoms with Crippen molar-refractivity contribution in [2.75, 3.05) is 18.5 Å². The number of esters is 1. The molecule has 1 atom stereocenters. The maximum Gasteiger partial charge on any atom is 0.329 e. The molecule has 3 aromatic carbocycles. The molecule has 6 heteroatoms. The Balaban J connectivity index is 1.60. The summed E-state index contributed by atoms with van der Waals surface area (Å²) in [6.07, 6.45) is 1.64. The number of benzene rings is 3. The summed E-state index contributed by atoms with van der Waals surface area (Å²) in [6.45, 7) is 0.337. The maximum absolute atomic E-state index is 12.3. The van der Waals surface area contributed by atoms with E-state index in [1.165, 1.54) is 15.9 Å². The highest BCUT2D eigenvalue weighted by Gasteiger charge is 2.44. The highest BCUT2D eigenvalue weighted by atomic mass is 32.2. The van der Waals surface area contributed by atoms with Crippen molar-refractivity contribution in [2.45, 2.75) is 12.5 Å². The molecule has 0 unspecified atom stereocenters. The Bertz CT molecular complexity index is 918. The summed E-state index contributed by atoms with van der Waals surface area (Å²) >= 11 is 1.12. The molecular formula is C25H25NO3PS+. The van der Waals surface area contributed by atoms with Crippen molar-refractivity contribution in [1.82, 2.24) is 5.32 Å². The van der Waals surface area contributed by atoms with Gasteiger partial charge >= 0.3 is 5.97 Å². The molecule has 1 heterocycles. The summed E-state index contributed by atoms with van der Waals surface area (Å²) in [7, 11) is -1.91. The number of rotatable bonds is 8.